The largest absolute Gasteiger partial charge is 0.318 e. The fourth-order valence-corrected chi connectivity index (χ4v) is 3.45. The van der Waals surface area contributed by atoms with Gasteiger partial charge in [0.05, 0.1) is 17.7 Å². The predicted molar refractivity (Wildman–Crippen MR) is 109 cm³/mol. The number of nitrogens with zero attached hydrogens (tertiary/aromatic N) is 3. The minimum absolute atomic E-state index is 0.233. The van der Waals surface area contributed by atoms with Crippen LogP contribution in [0.2, 0.25) is 0 Å². The number of hydrogen-bond acceptors (Lipinski definition) is 4. The molecule has 3 rings (SSSR count). The Hall–Kier alpha value is -3.00. The van der Waals surface area contributed by atoms with Crippen LogP contribution in [0.5, 0.6) is 0 Å². The molecule has 0 spiro atoms. The second kappa shape index (κ2) is 7.55. The molecule has 0 bridgehead atoms. The number of hydrogen-bond donors (Lipinski definition) is 0. The normalized spacial score (nSPS) is 10.9. The highest BCUT2D eigenvalue weighted by atomic mass is 79.9. The molecule has 0 aliphatic heterocycles. The number of halogens is 1. The average Bonchev–Trinajstić information content (AvgIpc) is 2.93. The molecule has 0 radical (unpaired) electrons. The maximum absolute atomic E-state index is 12.8. The molecule has 28 heavy (non-hydrogen) atoms. The molecule has 0 aliphatic rings. The van der Waals surface area contributed by atoms with Crippen molar-refractivity contribution in [1.29, 1.82) is 0 Å². The molecule has 0 aliphatic carbocycles. The Kier molecular flexibility index (Phi) is 5.33. The number of rotatable bonds is 5. The first-order chi connectivity index (χ1) is 13.2. The molecule has 0 amide bonds. The van der Waals surface area contributed by atoms with Gasteiger partial charge in [-0.05, 0) is 50.6 Å². The van der Waals surface area contributed by atoms with Gasteiger partial charge in [0, 0.05) is 39.2 Å². The van der Waals surface area contributed by atoms with E-state index in [0.717, 1.165) is 50.0 Å². The zero-order valence-electron chi connectivity index (χ0n) is 15.6. The quantitative estimate of drug-likeness (QED) is 0.337. The minimum atomic E-state index is -0.595. The zero-order valence-corrected chi connectivity index (χ0v) is 17.2. The lowest BCUT2D eigenvalue weighted by Crippen LogP contribution is -2.23. The second-order valence-electron chi connectivity index (χ2n) is 6.59. The van der Waals surface area contributed by atoms with E-state index in [4.69, 9.17) is 0 Å². The van der Waals surface area contributed by atoms with Gasteiger partial charge in [-0.1, -0.05) is 15.9 Å². The number of carbonyl (C=O) groups is 1. The number of ketones is 1. The van der Waals surface area contributed by atoms with Gasteiger partial charge in [-0.25, -0.2) is 0 Å². The minimum Gasteiger partial charge on any atom is -0.318 e. The standard InChI is InChI=1S/C20H18BrN3O4/c1-12-8-15(4-6-18(12)21)23-13(2)9-17(14(23)3)19(25)11-22-10-16(24(27)28)5-7-20(22)26/h4-10H,11H2,1-3H3. The summed E-state index contributed by atoms with van der Waals surface area (Å²) < 4.78 is 4.04. The van der Waals surface area contributed by atoms with Gasteiger partial charge in [0.1, 0.15) is 0 Å². The van der Waals surface area contributed by atoms with Gasteiger partial charge in [0.15, 0.2) is 5.78 Å². The highest BCUT2D eigenvalue weighted by Crippen LogP contribution is 2.25. The van der Waals surface area contributed by atoms with E-state index in [0.29, 0.717) is 5.56 Å². The van der Waals surface area contributed by atoms with Crippen LogP contribution >= 0.6 is 15.9 Å². The molecule has 144 valence electrons. The number of aryl methyl sites for hydroxylation is 2. The van der Waals surface area contributed by atoms with Gasteiger partial charge >= 0.3 is 0 Å². The number of nitro groups is 1. The number of benzene rings is 1. The zero-order chi connectivity index (χ0) is 20.6. The van der Waals surface area contributed by atoms with Crippen LogP contribution in [0, 0.1) is 30.9 Å². The molecule has 7 nitrogen and oxygen atoms in total. The van der Waals surface area contributed by atoms with Crippen molar-refractivity contribution in [3.05, 3.63) is 90.1 Å². The summed E-state index contributed by atoms with van der Waals surface area (Å²) in [6, 6.07) is 9.93. The Morgan fingerprint density at radius 1 is 1.14 bits per heavy atom. The van der Waals surface area contributed by atoms with Crippen LogP contribution in [0.3, 0.4) is 0 Å². The van der Waals surface area contributed by atoms with Gasteiger partial charge in [0.25, 0.3) is 11.2 Å². The van der Waals surface area contributed by atoms with E-state index in [2.05, 4.69) is 15.9 Å². The van der Waals surface area contributed by atoms with Gasteiger partial charge in [0.2, 0.25) is 0 Å². The topological polar surface area (TPSA) is 87.1 Å². The molecule has 0 saturated heterocycles. The van der Waals surface area contributed by atoms with Crippen molar-refractivity contribution in [2.24, 2.45) is 0 Å². The van der Waals surface area contributed by atoms with Gasteiger partial charge < -0.3 is 9.13 Å². The van der Waals surface area contributed by atoms with E-state index in [1.54, 1.807) is 6.07 Å². The molecule has 3 aromatic rings. The molecule has 2 heterocycles. The summed E-state index contributed by atoms with van der Waals surface area (Å²) in [6.45, 7) is 5.47. The maximum Gasteiger partial charge on any atom is 0.285 e. The van der Waals surface area contributed by atoms with Crippen molar-refractivity contribution in [2.75, 3.05) is 0 Å². The van der Waals surface area contributed by atoms with E-state index in [1.165, 1.54) is 0 Å². The smallest absolute Gasteiger partial charge is 0.285 e. The van der Waals surface area contributed by atoms with Crippen LogP contribution in [0.1, 0.15) is 27.3 Å². The molecule has 0 atom stereocenters. The third-order valence-electron chi connectivity index (χ3n) is 4.62. The molecule has 0 saturated carbocycles. The van der Waals surface area contributed by atoms with E-state index in [-0.39, 0.29) is 18.0 Å². The average molecular weight is 444 g/mol. The Bertz CT molecular complexity index is 1160. The molecule has 0 fully saturated rings. The number of carbonyl (C=O) groups excluding carboxylic acids is 1. The Balaban J connectivity index is 1.98. The van der Waals surface area contributed by atoms with E-state index in [9.17, 15) is 19.7 Å². The lowest BCUT2D eigenvalue weighted by atomic mass is 10.1. The molecule has 0 unspecified atom stereocenters. The summed E-state index contributed by atoms with van der Waals surface area (Å²) in [5.41, 5.74) is 3.43. The third kappa shape index (κ3) is 3.68. The van der Waals surface area contributed by atoms with Crippen molar-refractivity contribution in [3.8, 4) is 5.69 Å². The van der Waals surface area contributed by atoms with Crippen molar-refractivity contribution >= 4 is 27.4 Å². The van der Waals surface area contributed by atoms with Crippen LogP contribution < -0.4 is 5.56 Å². The summed E-state index contributed by atoms with van der Waals surface area (Å²) in [5, 5.41) is 10.9. The van der Waals surface area contributed by atoms with Crippen LogP contribution in [-0.4, -0.2) is 19.8 Å². The van der Waals surface area contributed by atoms with E-state index >= 15 is 0 Å². The van der Waals surface area contributed by atoms with Crippen molar-refractivity contribution < 1.29 is 9.72 Å². The lowest BCUT2D eigenvalue weighted by Gasteiger charge is -2.12. The summed E-state index contributed by atoms with van der Waals surface area (Å²) >= 11 is 3.48. The molecule has 8 heteroatoms. The highest BCUT2D eigenvalue weighted by molar-refractivity contribution is 9.10. The second-order valence-corrected chi connectivity index (χ2v) is 7.44. The van der Waals surface area contributed by atoms with Crippen LogP contribution in [0.25, 0.3) is 5.69 Å². The molecular formula is C20H18BrN3O4. The predicted octanol–water partition coefficient (Wildman–Crippen LogP) is 4.12. The van der Waals surface area contributed by atoms with Crippen LogP contribution in [0.4, 0.5) is 5.69 Å². The van der Waals surface area contributed by atoms with E-state index < -0.39 is 10.5 Å². The SMILES string of the molecule is Cc1cc(-n2c(C)cc(C(=O)Cn3cc([N+](=O)[O-])ccc3=O)c2C)ccc1Br. The first-order valence-electron chi connectivity index (χ1n) is 8.52. The fraction of sp³-hybridized carbons (Fsp3) is 0.200. The lowest BCUT2D eigenvalue weighted by molar-refractivity contribution is -0.385. The molecule has 1 aromatic carbocycles. The number of Topliss-reactive ketones (excluding diaryl/α,β-unsaturated/α-hetero) is 1. The number of pyridine rings is 1. The fourth-order valence-electron chi connectivity index (χ4n) is 3.20. The molecular weight excluding hydrogens is 426 g/mol. The van der Waals surface area contributed by atoms with Gasteiger partial charge in [-0.15, -0.1) is 0 Å². The van der Waals surface area contributed by atoms with Crippen molar-refractivity contribution in [2.45, 2.75) is 27.3 Å². The monoisotopic (exact) mass is 443 g/mol. The highest BCUT2D eigenvalue weighted by Gasteiger charge is 2.18. The van der Waals surface area contributed by atoms with Crippen LogP contribution in [0.15, 0.2) is 51.9 Å². The summed E-state index contributed by atoms with van der Waals surface area (Å²) in [4.78, 5) is 35.2. The van der Waals surface area contributed by atoms with E-state index in [1.807, 2.05) is 43.5 Å². The summed E-state index contributed by atoms with van der Waals surface area (Å²) in [6.07, 6.45) is 1.09. The maximum atomic E-state index is 12.8. The first-order valence-corrected chi connectivity index (χ1v) is 9.32. The van der Waals surface area contributed by atoms with Crippen molar-refractivity contribution in [3.63, 3.8) is 0 Å². The van der Waals surface area contributed by atoms with Gasteiger partial charge in [-0.2, -0.15) is 0 Å². The molecule has 0 N–H and O–H groups in total. The Labute approximate surface area is 169 Å². The van der Waals surface area contributed by atoms with Crippen molar-refractivity contribution in [1.82, 2.24) is 9.13 Å². The third-order valence-corrected chi connectivity index (χ3v) is 5.51. The number of aromatic nitrogens is 2. The van der Waals surface area contributed by atoms with Gasteiger partial charge in [-0.3, -0.25) is 19.7 Å². The summed E-state index contributed by atoms with van der Waals surface area (Å²) in [7, 11) is 0. The Morgan fingerprint density at radius 3 is 2.50 bits per heavy atom. The molecule has 2 aromatic heterocycles. The first kappa shape index (κ1) is 19.8. The van der Waals surface area contributed by atoms with Crippen LogP contribution in [-0.2, 0) is 6.54 Å². The Morgan fingerprint density at radius 2 is 1.86 bits per heavy atom. The summed E-state index contributed by atoms with van der Waals surface area (Å²) in [5.74, 6) is -0.282.